The van der Waals surface area contributed by atoms with E-state index in [1.165, 1.54) is 6.20 Å². The number of aromatic nitrogens is 4. The molecule has 4 heterocycles. The monoisotopic (exact) mass is 434 g/mol. The van der Waals surface area contributed by atoms with E-state index in [0.717, 1.165) is 31.6 Å². The van der Waals surface area contributed by atoms with Crippen LogP contribution in [-0.2, 0) is 6.42 Å². The molecule has 9 heteroatoms. The lowest BCUT2D eigenvalue weighted by atomic mass is 10.1. The molecule has 8 nitrogen and oxygen atoms in total. The number of hydrogen-bond acceptors (Lipinski definition) is 8. The molecule has 3 aromatic heterocycles. The topological polar surface area (TPSA) is 119 Å². The van der Waals surface area contributed by atoms with E-state index in [9.17, 15) is 4.39 Å². The van der Waals surface area contributed by atoms with Gasteiger partial charge in [0.05, 0.1) is 17.6 Å². The highest BCUT2D eigenvalue weighted by Crippen LogP contribution is 2.30. The summed E-state index contributed by atoms with van der Waals surface area (Å²) in [7, 11) is 0. The number of nitrogens with one attached hydrogen (secondary N) is 1. The molecule has 3 aromatic rings. The lowest BCUT2D eigenvalue weighted by molar-refractivity contribution is 0.501. The van der Waals surface area contributed by atoms with Gasteiger partial charge >= 0.3 is 0 Å². The third-order valence-corrected chi connectivity index (χ3v) is 5.62. The van der Waals surface area contributed by atoms with Gasteiger partial charge in [0.1, 0.15) is 17.1 Å². The molecule has 0 radical (unpaired) electrons. The molecule has 0 bridgehead atoms. The van der Waals surface area contributed by atoms with Crippen molar-refractivity contribution >= 4 is 23.0 Å². The summed E-state index contributed by atoms with van der Waals surface area (Å²) in [5, 5.41) is 3.22. The number of piperidine rings is 1. The standard InChI is InChI=1S/C23H27FN8/c1-3-15-6-10-27-21(19(15)24)17-13-29-22(26)20(31-17)14(2)30-23-18(5-4-9-28-23)32-11-7-16(25)8-12-32/h4-6,9-10,13,16H,2-3,7-8,11-12,25H2,1H3,(H2,26,29)(H,28,30). The molecule has 0 atom stereocenters. The molecule has 5 N–H and O–H groups in total. The molecule has 1 aliphatic rings. The third-order valence-electron chi connectivity index (χ3n) is 5.62. The molecule has 4 rings (SSSR count). The van der Waals surface area contributed by atoms with Gasteiger partial charge in [-0.3, -0.25) is 4.98 Å². The molecule has 1 aliphatic heterocycles. The highest BCUT2D eigenvalue weighted by molar-refractivity contribution is 5.82. The van der Waals surface area contributed by atoms with Crippen molar-refractivity contribution < 1.29 is 4.39 Å². The number of nitrogens with zero attached hydrogens (tertiary/aromatic N) is 5. The molecular weight excluding hydrogens is 407 g/mol. The maximum Gasteiger partial charge on any atom is 0.154 e. The smallest absolute Gasteiger partial charge is 0.154 e. The zero-order valence-electron chi connectivity index (χ0n) is 18.1. The fourth-order valence-corrected chi connectivity index (χ4v) is 3.76. The van der Waals surface area contributed by atoms with Crippen molar-refractivity contribution in [2.45, 2.75) is 32.2 Å². The van der Waals surface area contributed by atoms with E-state index in [0.29, 0.717) is 29.2 Å². The first-order valence-corrected chi connectivity index (χ1v) is 10.7. The molecular formula is C23H27FN8. The normalized spacial score (nSPS) is 14.4. The first-order valence-electron chi connectivity index (χ1n) is 10.7. The summed E-state index contributed by atoms with van der Waals surface area (Å²) in [6.45, 7) is 7.67. The Morgan fingerprint density at radius 2 is 2.00 bits per heavy atom. The Bertz CT molecular complexity index is 1120. The second-order valence-corrected chi connectivity index (χ2v) is 7.77. The molecule has 166 valence electrons. The maximum absolute atomic E-state index is 14.8. The second kappa shape index (κ2) is 9.27. The van der Waals surface area contributed by atoms with Crippen molar-refractivity contribution in [2.75, 3.05) is 29.0 Å². The predicted octanol–water partition coefficient (Wildman–Crippen LogP) is 3.23. The zero-order valence-corrected chi connectivity index (χ0v) is 18.1. The van der Waals surface area contributed by atoms with E-state index >= 15 is 0 Å². The number of hydrogen-bond donors (Lipinski definition) is 3. The van der Waals surface area contributed by atoms with Gasteiger partial charge < -0.3 is 21.7 Å². The van der Waals surface area contributed by atoms with E-state index < -0.39 is 5.82 Å². The molecule has 0 saturated carbocycles. The number of pyridine rings is 2. The lowest BCUT2D eigenvalue weighted by Gasteiger charge is -2.33. The summed E-state index contributed by atoms with van der Waals surface area (Å²) in [4.78, 5) is 19.6. The highest BCUT2D eigenvalue weighted by atomic mass is 19.1. The quantitative estimate of drug-likeness (QED) is 0.541. The first-order chi connectivity index (χ1) is 15.5. The molecule has 0 aromatic carbocycles. The Morgan fingerprint density at radius 1 is 1.22 bits per heavy atom. The lowest BCUT2D eigenvalue weighted by Crippen LogP contribution is -2.40. The van der Waals surface area contributed by atoms with E-state index in [-0.39, 0.29) is 23.2 Å². The Hall–Kier alpha value is -3.59. The number of nitrogens with two attached hydrogens (primary N) is 2. The van der Waals surface area contributed by atoms with Gasteiger partial charge in [0.15, 0.2) is 17.5 Å². The van der Waals surface area contributed by atoms with Crippen molar-refractivity contribution in [3.05, 3.63) is 60.4 Å². The Kier molecular flexibility index (Phi) is 6.27. The predicted molar refractivity (Wildman–Crippen MR) is 125 cm³/mol. The average Bonchev–Trinajstić information content (AvgIpc) is 2.80. The highest BCUT2D eigenvalue weighted by Gasteiger charge is 2.21. The van der Waals surface area contributed by atoms with E-state index in [1.807, 2.05) is 19.1 Å². The van der Waals surface area contributed by atoms with Crippen LogP contribution in [0.5, 0.6) is 0 Å². The minimum atomic E-state index is -0.408. The molecule has 0 unspecified atom stereocenters. The third kappa shape index (κ3) is 4.38. The summed E-state index contributed by atoms with van der Waals surface area (Å²) in [5.74, 6) is 0.408. The van der Waals surface area contributed by atoms with E-state index in [2.05, 4.69) is 36.7 Å². The SMILES string of the molecule is C=C(Nc1ncccc1N1CCC(N)CC1)c1nc(-c2nccc(CC)c2F)cnc1N. The van der Waals surface area contributed by atoms with Crippen molar-refractivity contribution in [3.8, 4) is 11.4 Å². The van der Waals surface area contributed by atoms with Crippen molar-refractivity contribution in [1.29, 1.82) is 0 Å². The number of rotatable bonds is 6. The van der Waals surface area contributed by atoms with Gasteiger partial charge in [-0.25, -0.2) is 19.3 Å². The number of anilines is 3. The molecule has 0 amide bonds. The van der Waals surface area contributed by atoms with Crippen LogP contribution in [0.2, 0.25) is 0 Å². The van der Waals surface area contributed by atoms with Gasteiger partial charge in [-0.2, -0.15) is 0 Å². The van der Waals surface area contributed by atoms with Crippen LogP contribution in [0.1, 0.15) is 31.0 Å². The zero-order chi connectivity index (χ0) is 22.7. The van der Waals surface area contributed by atoms with E-state index in [4.69, 9.17) is 11.5 Å². The van der Waals surface area contributed by atoms with E-state index in [1.54, 1.807) is 18.5 Å². The van der Waals surface area contributed by atoms with Gasteiger partial charge in [-0.15, -0.1) is 0 Å². The van der Waals surface area contributed by atoms with Crippen LogP contribution in [0.15, 0.2) is 43.4 Å². The van der Waals surface area contributed by atoms with Crippen LogP contribution in [0, 0.1) is 5.82 Å². The summed E-state index contributed by atoms with van der Waals surface area (Å²) in [5.41, 5.74) is 14.8. The minimum absolute atomic E-state index is 0.133. The first kappa shape index (κ1) is 21.6. The number of halogens is 1. The van der Waals surface area contributed by atoms with Crippen molar-refractivity contribution in [3.63, 3.8) is 0 Å². The Labute approximate surface area is 186 Å². The molecule has 32 heavy (non-hydrogen) atoms. The second-order valence-electron chi connectivity index (χ2n) is 7.77. The van der Waals surface area contributed by atoms with Crippen LogP contribution in [0.3, 0.4) is 0 Å². The summed E-state index contributed by atoms with van der Waals surface area (Å²) in [6.07, 6.45) is 7.08. The van der Waals surface area contributed by atoms with Crippen LogP contribution in [0.25, 0.3) is 17.1 Å². The fraction of sp³-hybridized carbons (Fsp3) is 0.304. The van der Waals surface area contributed by atoms with Crippen LogP contribution >= 0.6 is 0 Å². The maximum atomic E-state index is 14.8. The summed E-state index contributed by atoms with van der Waals surface area (Å²) in [6, 6.07) is 5.77. The molecule has 1 saturated heterocycles. The fourth-order valence-electron chi connectivity index (χ4n) is 3.76. The largest absolute Gasteiger partial charge is 0.382 e. The van der Waals surface area contributed by atoms with Crippen LogP contribution < -0.4 is 21.7 Å². The van der Waals surface area contributed by atoms with Crippen molar-refractivity contribution in [2.24, 2.45) is 5.73 Å². The van der Waals surface area contributed by atoms with Gasteiger partial charge in [-0.05, 0) is 43.0 Å². The van der Waals surface area contributed by atoms with Gasteiger partial charge in [0.2, 0.25) is 0 Å². The Balaban J connectivity index is 1.62. The minimum Gasteiger partial charge on any atom is -0.382 e. The van der Waals surface area contributed by atoms with Crippen molar-refractivity contribution in [1.82, 2.24) is 19.9 Å². The average molecular weight is 435 g/mol. The summed E-state index contributed by atoms with van der Waals surface area (Å²) >= 11 is 0. The number of nitrogen functional groups attached to an aromatic ring is 1. The van der Waals surface area contributed by atoms with Gasteiger partial charge in [0.25, 0.3) is 0 Å². The molecule has 0 spiro atoms. The van der Waals surface area contributed by atoms with Gasteiger partial charge in [-0.1, -0.05) is 13.5 Å². The van der Waals surface area contributed by atoms with Crippen LogP contribution in [-0.4, -0.2) is 39.1 Å². The summed E-state index contributed by atoms with van der Waals surface area (Å²) < 4.78 is 14.8. The Morgan fingerprint density at radius 3 is 2.75 bits per heavy atom. The molecule has 0 aliphatic carbocycles. The number of aryl methyl sites for hydroxylation is 1. The van der Waals surface area contributed by atoms with Gasteiger partial charge in [0, 0.05) is 31.5 Å². The van der Waals surface area contributed by atoms with Crippen LogP contribution in [0.4, 0.5) is 21.7 Å². The molecule has 1 fully saturated rings.